The number of unbranched alkanes of at least 4 members (excludes halogenated alkanes) is 27. The minimum absolute atomic E-state index is 0.0713. The van der Waals surface area contributed by atoms with Gasteiger partial charge in [0.25, 0.3) is 0 Å². The van der Waals surface area contributed by atoms with Gasteiger partial charge in [0.15, 0.2) is 0 Å². The second-order valence-electron chi connectivity index (χ2n) is 22.1. The van der Waals surface area contributed by atoms with Crippen molar-refractivity contribution >= 4 is 13.7 Å². The highest BCUT2D eigenvalue weighted by atomic mass is 31.2. The van der Waals surface area contributed by atoms with Crippen LogP contribution in [-0.2, 0) is 18.4 Å². The molecule has 3 N–H and O–H groups in total. The van der Waals surface area contributed by atoms with E-state index in [1.165, 1.54) is 148 Å². The molecule has 0 heterocycles. The summed E-state index contributed by atoms with van der Waals surface area (Å²) >= 11 is 0. The Kier molecular flexibility index (Phi) is 54.2. The highest BCUT2D eigenvalue weighted by molar-refractivity contribution is 7.47. The molecule has 0 aliphatic heterocycles. The second-order valence-corrected chi connectivity index (χ2v) is 23.5. The van der Waals surface area contributed by atoms with Gasteiger partial charge in [-0.15, -0.1) is 0 Å². The van der Waals surface area contributed by atoms with Gasteiger partial charge in [0, 0.05) is 6.42 Å². The van der Waals surface area contributed by atoms with Crippen LogP contribution in [0.25, 0.3) is 0 Å². The first-order valence-electron chi connectivity index (χ1n) is 31.1. The summed E-state index contributed by atoms with van der Waals surface area (Å²) in [5.41, 5.74) is 0. The molecule has 0 aromatic rings. The van der Waals surface area contributed by atoms with Crippen LogP contribution in [0.2, 0.25) is 0 Å². The van der Waals surface area contributed by atoms with Gasteiger partial charge in [-0.2, -0.15) is 0 Å². The summed E-state index contributed by atoms with van der Waals surface area (Å²) in [5, 5.41) is 14.1. The Morgan fingerprint density at radius 3 is 1.17 bits per heavy atom. The van der Waals surface area contributed by atoms with Crippen LogP contribution >= 0.6 is 7.82 Å². The number of likely N-dealkylation sites (N-methyl/N-ethyl adjacent to an activating group) is 1. The summed E-state index contributed by atoms with van der Waals surface area (Å²) in [6, 6.07) is -0.767. The molecule has 0 rings (SSSR count). The minimum atomic E-state index is -4.33. The lowest BCUT2D eigenvalue weighted by Crippen LogP contribution is -2.46. The summed E-state index contributed by atoms with van der Waals surface area (Å²) in [7, 11) is 1.61. The van der Waals surface area contributed by atoms with Crippen molar-refractivity contribution in [2.24, 2.45) is 0 Å². The van der Waals surface area contributed by atoms with Gasteiger partial charge >= 0.3 is 7.82 Å². The SMILES string of the molecule is CC/C=C\C/C=C\C/C=C\C/C=C\C/C=C\C/C=C\C/C=C\C/C=C\CCCCCCCCCCCCCCC(=O)NC(COP(=O)(O)OCC[N+](C)(C)C)C(O)CCCCCCCCCCCCCCCCCC. The Morgan fingerprint density at radius 2 is 0.800 bits per heavy atom. The van der Waals surface area contributed by atoms with E-state index in [1.54, 1.807) is 0 Å². The van der Waals surface area contributed by atoms with Crippen molar-refractivity contribution in [3.05, 3.63) is 97.2 Å². The molecular weight excluding hydrogens is 948 g/mol. The van der Waals surface area contributed by atoms with Crippen LogP contribution < -0.4 is 5.32 Å². The molecule has 3 atom stereocenters. The maximum absolute atomic E-state index is 13.0. The number of carbonyl (C=O) groups is 1. The second kappa shape index (κ2) is 56.2. The van der Waals surface area contributed by atoms with Crippen molar-refractivity contribution in [2.45, 2.75) is 276 Å². The van der Waals surface area contributed by atoms with Crippen molar-refractivity contribution in [3.8, 4) is 0 Å². The number of amides is 1. The van der Waals surface area contributed by atoms with Crippen LogP contribution in [0.4, 0.5) is 0 Å². The van der Waals surface area contributed by atoms with E-state index in [4.69, 9.17) is 9.05 Å². The van der Waals surface area contributed by atoms with Crippen LogP contribution in [0.3, 0.4) is 0 Å². The zero-order chi connectivity index (χ0) is 54.9. The molecule has 1 amide bonds. The first-order chi connectivity index (χ1) is 36.5. The van der Waals surface area contributed by atoms with Gasteiger partial charge in [-0.25, -0.2) is 4.57 Å². The highest BCUT2D eigenvalue weighted by Crippen LogP contribution is 2.43. The minimum Gasteiger partial charge on any atom is -0.391 e. The van der Waals surface area contributed by atoms with Crippen LogP contribution in [0.1, 0.15) is 264 Å². The van der Waals surface area contributed by atoms with Crippen molar-refractivity contribution in [1.29, 1.82) is 0 Å². The Balaban J connectivity index is 4.07. The van der Waals surface area contributed by atoms with Crippen molar-refractivity contribution in [3.63, 3.8) is 0 Å². The lowest BCUT2D eigenvalue weighted by molar-refractivity contribution is -0.870. The number of nitrogens with zero attached hydrogens (tertiary/aromatic N) is 1. The Morgan fingerprint density at radius 1 is 0.467 bits per heavy atom. The molecule has 0 aromatic carbocycles. The molecule has 0 bridgehead atoms. The van der Waals surface area contributed by atoms with E-state index in [2.05, 4.69) is 116 Å². The molecule has 0 saturated heterocycles. The lowest BCUT2D eigenvalue weighted by atomic mass is 10.0. The van der Waals surface area contributed by atoms with Gasteiger partial charge < -0.3 is 19.8 Å². The fourth-order valence-electron chi connectivity index (χ4n) is 8.77. The summed E-state index contributed by atoms with van der Waals surface area (Å²) in [6.07, 6.45) is 80.4. The van der Waals surface area contributed by atoms with E-state index >= 15 is 0 Å². The number of hydrogen-bond acceptors (Lipinski definition) is 5. The smallest absolute Gasteiger partial charge is 0.391 e. The van der Waals surface area contributed by atoms with E-state index in [9.17, 15) is 19.4 Å². The van der Waals surface area contributed by atoms with Crippen molar-refractivity contribution in [2.75, 3.05) is 40.9 Å². The largest absolute Gasteiger partial charge is 0.472 e. The first kappa shape index (κ1) is 72.4. The average molecular weight is 1070 g/mol. The standard InChI is InChI=1S/C66H119N2O6P/c1-6-8-10-12-14-16-18-20-22-24-25-26-27-28-29-30-31-32-33-34-35-36-37-38-39-40-41-42-43-44-46-48-50-52-54-56-58-60-66(70)67-64(63-74-75(71,72)73-62-61-68(3,4)5)65(69)59-57-55-53-51-49-47-45-23-21-19-17-15-13-11-9-7-2/h8,10,14,16,20,22,25-26,28-29,31-32,34-35,37-38,64-65,69H,6-7,9,11-13,15,17-19,21,23-24,27,30,33,36,39-63H2,1-5H3,(H-,67,70,71,72)/p+1/b10-8-,16-14-,22-20-,26-25-,29-28-,32-31-,35-34-,38-37-. The summed E-state index contributed by atoms with van der Waals surface area (Å²) in [6.45, 7) is 4.78. The van der Waals surface area contributed by atoms with Crippen LogP contribution in [0.15, 0.2) is 97.2 Å². The molecule has 0 aromatic heterocycles. The molecule has 8 nitrogen and oxygen atoms in total. The first-order valence-corrected chi connectivity index (χ1v) is 32.6. The third kappa shape index (κ3) is 58.9. The Labute approximate surface area is 464 Å². The van der Waals surface area contributed by atoms with Gasteiger partial charge in [0.05, 0.1) is 39.9 Å². The highest BCUT2D eigenvalue weighted by Gasteiger charge is 2.28. The van der Waals surface area contributed by atoms with Crippen molar-refractivity contribution in [1.82, 2.24) is 5.32 Å². The zero-order valence-electron chi connectivity index (χ0n) is 49.5. The number of rotatable bonds is 56. The van der Waals surface area contributed by atoms with Crippen LogP contribution in [-0.4, -0.2) is 73.4 Å². The quantitative estimate of drug-likeness (QED) is 0.0243. The van der Waals surface area contributed by atoms with Gasteiger partial charge in [-0.1, -0.05) is 278 Å². The number of phosphoric acid groups is 1. The monoisotopic (exact) mass is 1070 g/mol. The zero-order valence-corrected chi connectivity index (χ0v) is 50.4. The topological polar surface area (TPSA) is 105 Å². The van der Waals surface area contributed by atoms with Crippen molar-refractivity contribution < 1.29 is 32.9 Å². The number of allylic oxidation sites excluding steroid dienone is 16. The molecule has 9 heteroatoms. The summed E-state index contributed by atoms with van der Waals surface area (Å²) in [5.74, 6) is -0.148. The average Bonchev–Trinajstić information content (AvgIpc) is 3.37. The number of nitrogens with one attached hydrogen (secondary N) is 1. The number of phosphoric ester groups is 1. The number of quaternary nitrogens is 1. The van der Waals surface area contributed by atoms with E-state index in [0.29, 0.717) is 23.9 Å². The molecule has 0 fully saturated rings. The molecule has 434 valence electrons. The van der Waals surface area contributed by atoms with Crippen LogP contribution in [0.5, 0.6) is 0 Å². The van der Waals surface area contributed by atoms with Gasteiger partial charge in [0.1, 0.15) is 13.2 Å². The van der Waals surface area contributed by atoms with Gasteiger partial charge in [0.2, 0.25) is 5.91 Å². The van der Waals surface area contributed by atoms with E-state index in [1.807, 2.05) is 21.1 Å². The molecule has 0 saturated carbocycles. The fourth-order valence-corrected chi connectivity index (χ4v) is 9.51. The fraction of sp³-hybridized carbons (Fsp3) is 0.742. The number of hydrogen-bond donors (Lipinski definition) is 3. The summed E-state index contributed by atoms with van der Waals surface area (Å²) < 4.78 is 23.8. The normalized spacial score (nSPS) is 14.5. The predicted molar refractivity (Wildman–Crippen MR) is 327 cm³/mol. The van der Waals surface area contributed by atoms with Crippen LogP contribution in [0, 0.1) is 0 Å². The third-order valence-corrected chi connectivity index (χ3v) is 14.6. The Bertz CT molecular complexity index is 1540. The number of aliphatic hydroxyl groups is 1. The summed E-state index contributed by atoms with van der Waals surface area (Å²) in [4.78, 5) is 23.4. The van der Waals surface area contributed by atoms with Gasteiger partial charge in [-0.05, 0) is 77.0 Å². The predicted octanol–water partition coefficient (Wildman–Crippen LogP) is 19.4. The molecule has 75 heavy (non-hydrogen) atoms. The van der Waals surface area contributed by atoms with E-state index in [-0.39, 0.29) is 19.1 Å². The molecule has 0 aliphatic rings. The lowest BCUT2D eigenvalue weighted by Gasteiger charge is -2.26. The maximum atomic E-state index is 13.0. The Hall–Kier alpha value is -2.58. The molecule has 0 radical (unpaired) electrons. The maximum Gasteiger partial charge on any atom is 0.472 e. The molecule has 3 unspecified atom stereocenters. The van der Waals surface area contributed by atoms with E-state index in [0.717, 1.165) is 89.9 Å². The molecule has 0 aliphatic carbocycles. The number of carbonyl (C=O) groups excluding carboxylic acids is 1. The molecular formula is C66H120N2O6P+. The van der Waals surface area contributed by atoms with Gasteiger partial charge in [-0.3, -0.25) is 13.8 Å². The van der Waals surface area contributed by atoms with E-state index < -0.39 is 20.0 Å². The third-order valence-electron chi connectivity index (χ3n) is 13.6. The molecule has 0 spiro atoms. The number of aliphatic hydroxyl groups excluding tert-OH is 1.